The maximum absolute atomic E-state index is 13.7. The molecule has 1 nitrogen and oxygen atoms in total. The molecular weight excluding hydrogens is 339 g/mol. The molecule has 2 rings (SSSR count). The first-order valence-corrected chi connectivity index (χ1v) is 7.14. The van der Waals surface area contributed by atoms with Crippen molar-refractivity contribution < 1.29 is 9.13 Å². The van der Waals surface area contributed by atoms with Crippen molar-refractivity contribution in [3.8, 4) is 0 Å². The van der Waals surface area contributed by atoms with Crippen LogP contribution in [0.25, 0.3) is 0 Å². The summed E-state index contributed by atoms with van der Waals surface area (Å²) in [5.41, 5.74) is 0.836. The first-order valence-electron chi connectivity index (χ1n) is 5.23. The molecule has 4 heteroatoms. The van der Waals surface area contributed by atoms with Crippen molar-refractivity contribution in [2.75, 3.05) is 18.5 Å². The first kappa shape index (κ1) is 12.5. The van der Waals surface area contributed by atoms with Gasteiger partial charge in [-0.25, -0.2) is 4.39 Å². The van der Waals surface area contributed by atoms with Crippen LogP contribution in [0.1, 0.15) is 12.0 Å². The highest BCUT2D eigenvalue weighted by Crippen LogP contribution is 2.35. The maximum atomic E-state index is 13.7. The van der Waals surface area contributed by atoms with Crippen LogP contribution in [0.15, 0.2) is 22.7 Å². The summed E-state index contributed by atoms with van der Waals surface area (Å²) < 4.78 is 19.9. The third kappa shape index (κ3) is 2.66. The molecule has 0 bridgehead atoms. The fourth-order valence-electron chi connectivity index (χ4n) is 2.01. The Kier molecular flexibility index (Phi) is 4.03. The molecule has 16 heavy (non-hydrogen) atoms. The SMILES string of the molecule is Fc1cc(Br)ccc1CC1(CBr)CCOC1. The molecule has 1 unspecified atom stereocenters. The van der Waals surface area contributed by atoms with E-state index < -0.39 is 0 Å². The van der Waals surface area contributed by atoms with Gasteiger partial charge in [0, 0.05) is 21.8 Å². The third-order valence-corrected chi connectivity index (χ3v) is 4.73. The lowest BCUT2D eigenvalue weighted by Crippen LogP contribution is -2.26. The number of benzene rings is 1. The van der Waals surface area contributed by atoms with Gasteiger partial charge >= 0.3 is 0 Å². The topological polar surface area (TPSA) is 9.23 Å². The Morgan fingerprint density at radius 2 is 2.25 bits per heavy atom. The van der Waals surface area contributed by atoms with E-state index in [1.165, 1.54) is 6.07 Å². The molecule has 88 valence electrons. The summed E-state index contributed by atoms with van der Waals surface area (Å²) in [6.45, 7) is 1.50. The second-order valence-corrected chi connectivity index (χ2v) is 5.83. The molecule has 0 spiro atoms. The molecule has 1 aliphatic heterocycles. The minimum atomic E-state index is -0.137. The van der Waals surface area contributed by atoms with E-state index in [2.05, 4.69) is 31.9 Å². The Morgan fingerprint density at radius 1 is 1.44 bits per heavy atom. The number of rotatable bonds is 3. The van der Waals surface area contributed by atoms with Gasteiger partial charge < -0.3 is 4.74 Å². The highest BCUT2D eigenvalue weighted by atomic mass is 79.9. The second kappa shape index (κ2) is 5.15. The molecule has 1 atom stereocenters. The van der Waals surface area contributed by atoms with E-state index >= 15 is 0 Å². The van der Waals surface area contributed by atoms with Crippen molar-refractivity contribution in [3.05, 3.63) is 34.1 Å². The zero-order valence-electron chi connectivity index (χ0n) is 8.81. The zero-order valence-corrected chi connectivity index (χ0v) is 12.0. The number of alkyl halides is 1. The van der Waals surface area contributed by atoms with Gasteiger partial charge in [-0.3, -0.25) is 0 Å². The van der Waals surface area contributed by atoms with Crippen LogP contribution in [-0.2, 0) is 11.2 Å². The average molecular weight is 352 g/mol. The van der Waals surface area contributed by atoms with E-state index in [0.717, 1.165) is 34.8 Å². The van der Waals surface area contributed by atoms with Crippen LogP contribution in [0.2, 0.25) is 0 Å². The van der Waals surface area contributed by atoms with Gasteiger partial charge in [-0.05, 0) is 30.5 Å². The van der Waals surface area contributed by atoms with E-state index in [1.54, 1.807) is 0 Å². The van der Waals surface area contributed by atoms with Gasteiger partial charge in [-0.15, -0.1) is 0 Å². The van der Waals surface area contributed by atoms with E-state index in [1.807, 2.05) is 12.1 Å². The van der Waals surface area contributed by atoms with Crippen molar-refractivity contribution in [1.29, 1.82) is 0 Å². The molecular formula is C12H13Br2FO. The normalized spacial score (nSPS) is 24.9. The molecule has 1 fully saturated rings. The predicted molar refractivity (Wildman–Crippen MR) is 69.5 cm³/mol. The monoisotopic (exact) mass is 350 g/mol. The second-order valence-electron chi connectivity index (χ2n) is 4.35. The lowest BCUT2D eigenvalue weighted by molar-refractivity contribution is 0.161. The molecule has 0 radical (unpaired) electrons. The zero-order chi connectivity index (χ0) is 11.6. The van der Waals surface area contributed by atoms with Gasteiger partial charge in [-0.1, -0.05) is 37.9 Å². The lowest BCUT2D eigenvalue weighted by Gasteiger charge is -2.24. The summed E-state index contributed by atoms with van der Waals surface area (Å²) in [7, 11) is 0. The van der Waals surface area contributed by atoms with Gasteiger partial charge in [0.2, 0.25) is 0 Å². The van der Waals surface area contributed by atoms with Gasteiger partial charge in [-0.2, -0.15) is 0 Å². The van der Waals surface area contributed by atoms with Gasteiger partial charge in [0.25, 0.3) is 0 Å². The fraction of sp³-hybridized carbons (Fsp3) is 0.500. The van der Waals surface area contributed by atoms with Crippen molar-refractivity contribution in [2.24, 2.45) is 5.41 Å². The minimum Gasteiger partial charge on any atom is -0.381 e. The number of hydrogen-bond donors (Lipinski definition) is 0. The highest BCUT2D eigenvalue weighted by Gasteiger charge is 2.34. The van der Waals surface area contributed by atoms with Gasteiger partial charge in [0.05, 0.1) is 6.61 Å². The van der Waals surface area contributed by atoms with Crippen LogP contribution >= 0.6 is 31.9 Å². The number of ether oxygens (including phenoxy) is 1. The summed E-state index contributed by atoms with van der Waals surface area (Å²) in [5, 5.41) is 0.857. The number of halogens is 3. The predicted octanol–water partition coefficient (Wildman–Crippen LogP) is 3.93. The Hall–Kier alpha value is 0.0700. The molecule has 1 aromatic rings. The fourth-order valence-corrected chi connectivity index (χ4v) is 2.98. The molecule has 1 aliphatic rings. The smallest absolute Gasteiger partial charge is 0.127 e. The maximum Gasteiger partial charge on any atom is 0.127 e. The van der Waals surface area contributed by atoms with Crippen LogP contribution < -0.4 is 0 Å². The van der Waals surface area contributed by atoms with E-state index in [-0.39, 0.29) is 11.2 Å². The largest absolute Gasteiger partial charge is 0.381 e. The Balaban J connectivity index is 2.19. The van der Waals surface area contributed by atoms with Crippen molar-refractivity contribution in [2.45, 2.75) is 12.8 Å². The van der Waals surface area contributed by atoms with Crippen LogP contribution in [0, 0.1) is 11.2 Å². The first-order chi connectivity index (χ1) is 7.65. The quantitative estimate of drug-likeness (QED) is 0.749. The van der Waals surface area contributed by atoms with Crippen LogP contribution in [0.4, 0.5) is 4.39 Å². The van der Waals surface area contributed by atoms with Gasteiger partial charge in [0.1, 0.15) is 5.82 Å². The van der Waals surface area contributed by atoms with Crippen molar-refractivity contribution >= 4 is 31.9 Å². The standard InChI is InChI=1S/C12H13Br2FO/c13-7-12(3-4-16-8-12)6-9-1-2-10(14)5-11(9)15/h1-2,5H,3-4,6-8H2. The lowest BCUT2D eigenvalue weighted by atomic mass is 9.83. The Morgan fingerprint density at radius 3 is 2.81 bits per heavy atom. The molecule has 1 heterocycles. The Bertz CT molecular complexity index is 375. The summed E-state index contributed by atoms with van der Waals surface area (Å²) >= 11 is 6.78. The summed E-state index contributed by atoms with van der Waals surface area (Å²) in [6.07, 6.45) is 1.73. The van der Waals surface area contributed by atoms with Crippen LogP contribution in [0.3, 0.4) is 0 Å². The molecule has 0 aliphatic carbocycles. The summed E-state index contributed by atoms with van der Waals surface area (Å²) in [6, 6.07) is 5.26. The van der Waals surface area contributed by atoms with Crippen molar-refractivity contribution in [3.63, 3.8) is 0 Å². The highest BCUT2D eigenvalue weighted by molar-refractivity contribution is 9.10. The van der Waals surface area contributed by atoms with Crippen molar-refractivity contribution in [1.82, 2.24) is 0 Å². The molecule has 1 aromatic carbocycles. The van der Waals surface area contributed by atoms with Crippen LogP contribution in [0.5, 0.6) is 0 Å². The molecule has 1 saturated heterocycles. The number of hydrogen-bond acceptors (Lipinski definition) is 1. The average Bonchev–Trinajstić information content (AvgIpc) is 2.72. The van der Waals surface area contributed by atoms with Gasteiger partial charge in [0.15, 0.2) is 0 Å². The third-order valence-electron chi connectivity index (χ3n) is 3.05. The van der Waals surface area contributed by atoms with E-state index in [0.29, 0.717) is 6.61 Å². The molecule has 0 aromatic heterocycles. The Labute approximate surface area is 112 Å². The molecule has 0 saturated carbocycles. The minimum absolute atomic E-state index is 0.0642. The van der Waals surface area contributed by atoms with Crippen LogP contribution in [-0.4, -0.2) is 18.5 Å². The summed E-state index contributed by atoms with van der Waals surface area (Å²) in [5.74, 6) is -0.137. The summed E-state index contributed by atoms with van der Waals surface area (Å²) in [4.78, 5) is 0. The molecule has 0 amide bonds. The van der Waals surface area contributed by atoms with E-state index in [4.69, 9.17) is 4.74 Å². The van der Waals surface area contributed by atoms with E-state index in [9.17, 15) is 4.39 Å². The molecule has 0 N–H and O–H groups in total.